The van der Waals surface area contributed by atoms with Crippen LogP contribution in [0.3, 0.4) is 0 Å². The van der Waals surface area contributed by atoms with Gasteiger partial charge in [0.15, 0.2) is 0 Å². The molecule has 25 heavy (non-hydrogen) atoms. The highest BCUT2D eigenvalue weighted by Gasteiger charge is 2.33. The molecule has 1 fully saturated rings. The molecule has 2 rings (SSSR count). The third kappa shape index (κ3) is 6.59. The Labute approximate surface area is 143 Å². The third-order valence-corrected chi connectivity index (χ3v) is 6.13. The molecule has 6 N–H and O–H groups in total. The summed E-state index contributed by atoms with van der Waals surface area (Å²) in [6, 6.07) is 1.45. The lowest BCUT2D eigenvalue weighted by Gasteiger charge is -2.18. The van der Waals surface area contributed by atoms with Crippen molar-refractivity contribution in [1.82, 2.24) is 9.55 Å². The van der Waals surface area contributed by atoms with Crippen molar-refractivity contribution in [3.8, 4) is 0 Å². The van der Waals surface area contributed by atoms with Crippen LogP contribution in [-0.4, -0.2) is 41.8 Å². The van der Waals surface area contributed by atoms with Gasteiger partial charge in [-0.25, -0.2) is 18.0 Å². The Balaban J connectivity index is 1.81. The van der Waals surface area contributed by atoms with Crippen LogP contribution in [-0.2, 0) is 22.4 Å². The van der Waals surface area contributed by atoms with Gasteiger partial charge in [-0.05, 0) is 18.9 Å². The van der Waals surface area contributed by atoms with E-state index in [0.29, 0.717) is 12.8 Å². The van der Waals surface area contributed by atoms with Crippen LogP contribution in [0.25, 0.3) is 0 Å². The first kappa shape index (κ1) is 20.8. The third-order valence-electron chi connectivity index (χ3n) is 2.97. The largest absolute Gasteiger partial charge is 0.485 e. The lowest BCUT2D eigenvalue weighted by molar-refractivity contribution is -0.0215. The molecule has 0 spiro atoms. The monoisotopic (exact) mass is 419 g/mol. The molecule has 0 bridgehead atoms. The number of hydrogen-bond donors (Lipinski definition) is 5. The lowest BCUT2D eigenvalue weighted by atomic mass is 10.2. The van der Waals surface area contributed by atoms with E-state index < -0.39 is 43.0 Å². The van der Waals surface area contributed by atoms with Crippen molar-refractivity contribution in [2.45, 2.75) is 25.2 Å². The Morgan fingerprint density at radius 2 is 2.12 bits per heavy atom. The maximum absolute atomic E-state index is 11.7. The highest BCUT2D eigenvalue weighted by molar-refractivity contribution is 7.63. The second-order valence-electron chi connectivity index (χ2n) is 4.75. The minimum absolute atomic E-state index is 0.0901. The molecule has 142 valence electrons. The minimum Gasteiger partial charge on any atom is -0.383 e. The fourth-order valence-corrected chi connectivity index (χ4v) is 4.34. The molecule has 16 heteroatoms. The Bertz CT molecular complexity index is 687. The summed E-state index contributed by atoms with van der Waals surface area (Å²) in [5.41, 5.74) is 4.84. The Kier molecular flexibility index (Phi) is 7.39. The molecule has 2 heterocycles. The molecule has 1 aliphatic heterocycles. The van der Waals surface area contributed by atoms with Crippen molar-refractivity contribution < 1.29 is 42.0 Å². The summed E-state index contributed by atoms with van der Waals surface area (Å²) < 4.78 is 31.0. The van der Waals surface area contributed by atoms with E-state index >= 15 is 0 Å². The van der Waals surface area contributed by atoms with E-state index in [9.17, 15) is 14.3 Å². The van der Waals surface area contributed by atoms with Crippen molar-refractivity contribution in [3.05, 3.63) is 22.7 Å². The van der Waals surface area contributed by atoms with Gasteiger partial charge in [0.2, 0.25) is 0 Å². The molecular formula is C9H16N3O10P3. The molecular weight excluding hydrogens is 403 g/mol. The van der Waals surface area contributed by atoms with Gasteiger partial charge in [-0.3, -0.25) is 4.57 Å². The first-order valence-electron chi connectivity index (χ1n) is 6.68. The normalized spacial score (nSPS) is 24.4. The molecule has 3 unspecified atom stereocenters. The lowest BCUT2D eigenvalue weighted by Crippen LogP contribution is -2.27. The molecule has 4 atom stereocenters. The Morgan fingerprint density at radius 3 is 2.76 bits per heavy atom. The van der Waals surface area contributed by atoms with Gasteiger partial charge in [0.05, 0.1) is 12.7 Å². The second-order valence-corrected chi connectivity index (χ2v) is 8.23. The van der Waals surface area contributed by atoms with Gasteiger partial charge in [-0.1, -0.05) is 0 Å². The molecule has 1 aromatic heterocycles. The highest BCUT2D eigenvalue weighted by Crippen LogP contribution is 2.61. The van der Waals surface area contributed by atoms with Crippen molar-refractivity contribution in [2.24, 2.45) is 0 Å². The van der Waals surface area contributed by atoms with E-state index in [1.54, 1.807) is 0 Å². The molecule has 0 saturated carbocycles. The van der Waals surface area contributed by atoms with Crippen LogP contribution in [0, 0.1) is 0 Å². The number of nitrogen functional groups attached to an aromatic ring is 1. The molecule has 1 saturated heterocycles. The number of phosphoric acid groups is 1. The molecule has 0 amide bonds. The average molecular weight is 419 g/mol. The zero-order valence-corrected chi connectivity index (χ0v) is 15.2. The van der Waals surface area contributed by atoms with Crippen molar-refractivity contribution in [2.75, 3.05) is 12.3 Å². The number of aromatic nitrogens is 2. The van der Waals surface area contributed by atoms with Gasteiger partial charge < -0.3 is 34.6 Å². The summed E-state index contributed by atoms with van der Waals surface area (Å²) >= 11 is 0. The van der Waals surface area contributed by atoms with Crippen molar-refractivity contribution >= 4 is 30.8 Å². The van der Waals surface area contributed by atoms with Crippen molar-refractivity contribution in [3.63, 3.8) is 0 Å². The van der Waals surface area contributed by atoms with E-state index in [1.807, 2.05) is 0 Å². The maximum atomic E-state index is 11.7. The van der Waals surface area contributed by atoms with Crippen LogP contribution in [0.1, 0.15) is 19.1 Å². The van der Waals surface area contributed by atoms with E-state index in [0.717, 1.165) is 0 Å². The van der Waals surface area contributed by atoms with Gasteiger partial charge in [-0.2, -0.15) is 4.98 Å². The van der Waals surface area contributed by atoms with Crippen LogP contribution < -0.4 is 11.4 Å². The van der Waals surface area contributed by atoms with Crippen molar-refractivity contribution in [1.29, 1.82) is 0 Å². The van der Waals surface area contributed by atoms with Gasteiger partial charge in [0, 0.05) is 6.20 Å². The fraction of sp³-hybridized carbons (Fsp3) is 0.556. The first-order chi connectivity index (χ1) is 11.7. The van der Waals surface area contributed by atoms with E-state index in [1.165, 1.54) is 16.8 Å². The zero-order chi connectivity index (χ0) is 18.6. The Hall–Kier alpha value is -0.550. The summed E-state index contributed by atoms with van der Waals surface area (Å²) in [6.07, 6.45) is 1.31. The molecule has 13 nitrogen and oxygen atoms in total. The van der Waals surface area contributed by atoms with Gasteiger partial charge in [-0.15, -0.1) is 0 Å². The smallest absolute Gasteiger partial charge is 0.383 e. The quantitative estimate of drug-likeness (QED) is 0.357. The second kappa shape index (κ2) is 8.90. The van der Waals surface area contributed by atoms with E-state index in [2.05, 4.69) is 13.6 Å². The molecule has 1 aromatic rings. The van der Waals surface area contributed by atoms with Crippen LogP contribution in [0.5, 0.6) is 0 Å². The molecule has 0 radical (unpaired) electrons. The summed E-state index contributed by atoms with van der Waals surface area (Å²) in [5, 5.41) is 0. The minimum atomic E-state index is -4.86. The van der Waals surface area contributed by atoms with Crippen LogP contribution in [0.15, 0.2) is 17.1 Å². The standard InChI is InChI=1S/C9H16N3O10P3/c10-7-3-4-12(9(13)11-7)8-2-1-6(20-8)5-19-24(16)22-25(17,18)21-23(14)15/h3-4,6,8,14-16H,1-2,5H2,(H,17,18)(H2,10,11,13)/t6?,8-,24?/m1/s1. The molecule has 1 aliphatic rings. The van der Waals surface area contributed by atoms with Crippen LogP contribution >= 0.6 is 25.0 Å². The number of hydrogen-bond acceptors (Lipinski definition) is 11. The summed E-state index contributed by atoms with van der Waals surface area (Å²) in [5.74, 6) is 0.0901. The fourth-order valence-electron chi connectivity index (χ4n) is 2.02. The number of nitrogens with two attached hydrogens (primary N) is 1. The maximum Gasteiger partial charge on any atom is 0.485 e. The topological polar surface area (TPSA) is 196 Å². The predicted molar refractivity (Wildman–Crippen MR) is 84.5 cm³/mol. The Morgan fingerprint density at radius 1 is 1.40 bits per heavy atom. The number of rotatable bonds is 8. The SMILES string of the molecule is Nc1ccn([C@H]2CCC(COP(O)OP(=O)(O)OP(O)O)O2)c(=O)n1. The van der Waals surface area contributed by atoms with Gasteiger partial charge >= 0.3 is 30.7 Å². The number of ether oxygens (including phenoxy) is 1. The summed E-state index contributed by atoms with van der Waals surface area (Å²) in [7, 11) is -10.8. The number of nitrogens with zero attached hydrogens (tertiary/aromatic N) is 2. The van der Waals surface area contributed by atoms with Gasteiger partial charge in [0.25, 0.3) is 0 Å². The summed E-state index contributed by atoms with van der Waals surface area (Å²) in [6.45, 7) is -0.192. The predicted octanol–water partition coefficient (Wildman–Crippen LogP) is 0.0840. The zero-order valence-electron chi connectivity index (χ0n) is 12.5. The molecule has 0 aliphatic carbocycles. The van der Waals surface area contributed by atoms with Crippen LogP contribution in [0.2, 0.25) is 0 Å². The first-order valence-corrected chi connectivity index (χ1v) is 10.5. The van der Waals surface area contributed by atoms with Gasteiger partial charge in [0.1, 0.15) is 12.0 Å². The number of anilines is 1. The average Bonchev–Trinajstić information content (AvgIpc) is 2.91. The van der Waals surface area contributed by atoms with E-state index in [-0.39, 0.29) is 12.4 Å². The summed E-state index contributed by atoms with van der Waals surface area (Å²) in [4.78, 5) is 50.8. The van der Waals surface area contributed by atoms with E-state index in [4.69, 9.17) is 29.7 Å². The van der Waals surface area contributed by atoms with Crippen LogP contribution in [0.4, 0.5) is 5.82 Å². The molecule has 0 aromatic carbocycles. The highest BCUT2D eigenvalue weighted by atomic mass is 31.3.